The van der Waals surface area contributed by atoms with Crippen molar-refractivity contribution < 1.29 is 9.53 Å². The molecule has 1 saturated carbocycles. The van der Waals surface area contributed by atoms with Gasteiger partial charge in [-0.2, -0.15) is 5.10 Å². The van der Waals surface area contributed by atoms with Crippen molar-refractivity contribution in [2.75, 3.05) is 0 Å². The van der Waals surface area contributed by atoms with Crippen molar-refractivity contribution in [1.82, 2.24) is 20.1 Å². The van der Waals surface area contributed by atoms with Gasteiger partial charge in [0.25, 0.3) is 5.91 Å². The van der Waals surface area contributed by atoms with Crippen molar-refractivity contribution in [2.24, 2.45) is 0 Å². The van der Waals surface area contributed by atoms with Crippen LogP contribution in [0.1, 0.15) is 48.3 Å². The molecule has 0 spiro atoms. The Bertz CT molecular complexity index is 978. The molecule has 0 bridgehead atoms. The van der Waals surface area contributed by atoms with Crippen molar-refractivity contribution in [2.45, 2.75) is 57.2 Å². The number of nitrogens with zero attached hydrogens (tertiary/aromatic N) is 3. The van der Waals surface area contributed by atoms with Gasteiger partial charge in [0.2, 0.25) is 0 Å². The molecule has 1 aliphatic carbocycles. The van der Waals surface area contributed by atoms with Crippen LogP contribution >= 0.6 is 0 Å². The van der Waals surface area contributed by atoms with Crippen LogP contribution in [0.3, 0.4) is 0 Å². The molecule has 1 N–H and O–H groups in total. The number of aromatic nitrogens is 3. The molecule has 0 saturated heterocycles. The minimum atomic E-state index is -0.0483. The van der Waals surface area contributed by atoms with Crippen LogP contribution in [0.15, 0.2) is 42.7 Å². The highest BCUT2D eigenvalue weighted by Gasteiger charge is 2.26. The topological polar surface area (TPSA) is 69.0 Å². The molecule has 0 unspecified atom stereocenters. The second-order valence-corrected chi connectivity index (χ2v) is 7.77. The Morgan fingerprint density at radius 1 is 1.18 bits per heavy atom. The van der Waals surface area contributed by atoms with E-state index >= 15 is 0 Å². The molecule has 5 rings (SSSR count). The third-order valence-electron chi connectivity index (χ3n) is 5.84. The lowest BCUT2D eigenvalue weighted by Crippen LogP contribution is -2.39. The van der Waals surface area contributed by atoms with Gasteiger partial charge in [-0.05, 0) is 56.7 Å². The van der Waals surface area contributed by atoms with Gasteiger partial charge in [0.15, 0.2) is 0 Å². The lowest BCUT2D eigenvalue weighted by molar-refractivity contribution is 0.0889. The largest absolute Gasteiger partial charge is 0.490 e. The van der Waals surface area contributed by atoms with E-state index in [0.29, 0.717) is 5.69 Å². The minimum Gasteiger partial charge on any atom is -0.490 e. The first-order valence-corrected chi connectivity index (χ1v) is 10.1. The van der Waals surface area contributed by atoms with E-state index in [1.165, 1.54) is 5.69 Å². The van der Waals surface area contributed by atoms with Crippen molar-refractivity contribution in [1.29, 1.82) is 0 Å². The first-order chi connectivity index (χ1) is 13.8. The zero-order valence-corrected chi connectivity index (χ0v) is 15.8. The quantitative estimate of drug-likeness (QED) is 0.757. The smallest absolute Gasteiger partial charge is 0.272 e. The normalized spacial score (nSPS) is 21.4. The van der Waals surface area contributed by atoms with Crippen molar-refractivity contribution in [3.8, 4) is 5.75 Å². The van der Waals surface area contributed by atoms with Gasteiger partial charge in [-0.15, -0.1) is 0 Å². The maximum atomic E-state index is 12.5. The van der Waals surface area contributed by atoms with Gasteiger partial charge in [0, 0.05) is 41.4 Å². The third kappa shape index (κ3) is 3.35. The van der Waals surface area contributed by atoms with E-state index < -0.39 is 0 Å². The van der Waals surface area contributed by atoms with Crippen molar-refractivity contribution >= 4 is 16.7 Å². The summed E-state index contributed by atoms with van der Waals surface area (Å²) < 4.78 is 8.25. The standard InChI is InChI=1S/C22H24N4O2/c27-22(20-13-17-4-2-12-26(17)25-20)24-16-6-8-18(9-7-16)28-21-5-1-3-15-14-23-11-10-19(15)21/h1,3,5,10-11,13-14,16,18H,2,4,6-9,12H2,(H,24,27). The summed E-state index contributed by atoms with van der Waals surface area (Å²) in [7, 11) is 0. The number of nitrogens with one attached hydrogen (secondary N) is 1. The second kappa shape index (κ2) is 7.26. The Morgan fingerprint density at radius 3 is 2.93 bits per heavy atom. The molecule has 0 radical (unpaired) electrons. The Morgan fingerprint density at radius 2 is 2.07 bits per heavy atom. The minimum absolute atomic E-state index is 0.0483. The fraction of sp³-hybridized carbons (Fsp3) is 0.409. The fourth-order valence-corrected chi connectivity index (χ4v) is 4.33. The van der Waals surface area contributed by atoms with E-state index in [9.17, 15) is 4.79 Å². The Hall–Kier alpha value is -2.89. The maximum absolute atomic E-state index is 12.5. The monoisotopic (exact) mass is 376 g/mol. The molecule has 3 heterocycles. The summed E-state index contributed by atoms with van der Waals surface area (Å²) >= 11 is 0. The Balaban J connectivity index is 1.17. The molecule has 28 heavy (non-hydrogen) atoms. The number of benzene rings is 1. The number of amides is 1. The number of aryl methyl sites for hydroxylation is 2. The number of ether oxygens (including phenoxy) is 1. The lowest BCUT2D eigenvalue weighted by Gasteiger charge is -2.29. The Kier molecular flexibility index (Phi) is 4.47. The number of rotatable bonds is 4. The molecule has 6 heteroatoms. The first kappa shape index (κ1) is 17.2. The summed E-state index contributed by atoms with van der Waals surface area (Å²) in [6, 6.07) is 10.2. The molecule has 0 atom stereocenters. The van der Waals surface area contributed by atoms with Gasteiger partial charge in [0.05, 0.1) is 6.10 Å². The van der Waals surface area contributed by atoms with Crippen LogP contribution in [0.25, 0.3) is 10.8 Å². The van der Waals surface area contributed by atoms with E-state index in [1.807, 2.05) is 41.2 Å². The van der Waals surface area contributed by atoms with E-state index in [4.69, 9.17) is 4.74 Å². The Labute approximate surface area is 163 Å². The number of hydrogen-bond donors (Lipinski definition) is 1. The van der Waals surface area contributed by atoms with Gasteiger partial charge in [0.1, 0.15) is 11.4 Å². The molecule has 1 amide bonds. The SMILES string of the molecule is O=C(NC1CCC(Oc2cccc3cnccc23)CC1)c1cc2n(n1)CCC2. The lowest BCUT2D eigenvalue weighted by atomic mass is 9.92. The number of hydrogen-bond acceptors (Lipinski definition) is 4. The summed E-state index contributed by atoms with van der Waals surface area (Å²) in [6.07, 6.45) is 9.72. The fourth-order valence-electron chi connectivity index (χ4n) is 4.33. The van der Waals surface area contributed by atoms with E-state index in [2.05, 4.69) is 15.4 Å². The summed E-state index contributed by atoms with van der Waals surface area (Å²) in [5, 5.41) is 9.78. The van der Waals surface area contributed by atoms with Crippen LogP contribution in [0, 0.1) is 0 Å². The van der Waals surface area contributed by atoms with Crippen LogP contribution in [-0.4, -0.2) is 32.8 Å². The predicted molar refractivity (Wildman–Crippen MR) is 106 cm³/mol. The molecule has 2 aromatic heterocycles. The first-order valence-electron chi connectivity index (χ1n) is 10.1. The molecule has 1 aromatic carbocycles. The van der Waals surface area contributed by atoms with Gasteiger partial charge >= 0.3 is 0 Å². The van der Waals surface area contributed by atoms with Crippen LogP contribution in [-0.2, 0) is 13.0 Å². The molecule has 144 valence electrons. The maximum Gasteiger partial charge on any atom is 0.272 e. The number of carbonyl (C=O) groups excluding carboxylic acids is 1. The zero-order chi connectivity index (χ0) is 18.9. The number of pyridine rings is 1. The van der Waals surface area contributed by atoms with Crippen LogP contribution in [0.5, 0.6) is 5.75 Å². The molecule has 2 aliphatic rings. The predicted octanol–water partition coefficient (Wildman–Crippen LogP) is 3.50. The summed E-state index contributed by atoms with van der Waals surface area (Å²) in [5.41, 5.74) is 1.73. The van der Waals surface area contributed by atoms with Gasteiger partial charge < -0.3 is 10.1 Å². The van der Waals surface area contributed by atoms with Gasteiger partial charge in [-0.1, -0.05) is 12.1 Å². The van der Waals surface area contributed by atoms with E-state index in [0.717, 1.165) is 61.6 Å². The molecule has 6 nitrogen and oxygen atoms in total. The molecular formula is C22H24N4O2. The summed E-state index contributed by atoms with van der Waals surface area (Å²) in [6.45, 7) is 0.926. The second-order valence-electron chi connectivity index (χ2n) is 7.77. The summed E-state index contributed by atoms with van der Waals surface area (Å²) in [4.78, 5) is 16.7. The van der Waals surface area contributed by atoms with Crippen LogP contribution in [0.2, 0.25) is 0 Å². The number of carbonyl (C=O) groups is 1. The zero-order valence-electron chi connectivity index (χ0n) is 15.8. The van der Waals surface area contributed by atoms with Gasteiger partial charge in [-0.3, -0.25) is 14.5 Å². The van der Waals surface area contributed by atoms with Gasteiger partial charge in [-0.25, -0.2) is 0 Å². The van der Waals surface area contributed by atoms with Crippen molar-refractivity contribution in [3.05, 3.63) is 54.1 Å². The van der Waals surface area contributed by atoms with Crippen molar-refractivity contribution in [3.63, 3.8) is 0 Å². The highest BCUT2D eigenvalue weighted by Crippen LogP contribution is 2.29. The average Bonchev–Trinajstić information content (AvgIpc) is 3.32. The van der Waals surface area contributed by atoms with E-state index in [-0.39, 0.29) is 18.1 Å². The molecule has 3 aromatic rings. The number of fused-ring (bicyclic) bond motifs is 2. The third-order valence-corrected chi connectivity index (χ3v) is 5.84. The average molecular weight is 376 g/mol. The molecule has 1 fully saturated rings. The highest BCUT2D eigenvalue weighted by atomic mass is 16.5. The van der Waals surface area contributed by atoms with Crippen LogP contribution < -0.4 is 10.1 Å². The molecule has 1 aliphatic heterocycles. The highest BCUT2D eigenvalue weighted by molar-refractivity contribution is 5.92. The van der Waals surface area contributed by atoms with Crippen LogP contribution in [0.4, 0.5) is 0 Å². The molecular weight excluding hydrogens is 352 g/mol. The summed E-state index contributed by atoms with van der Waals surface area (Å²) in [5.74, 6) is 0.868. The van der Waals surface area contributed by atoms with E-state index in [1.54, 1.807) is 6.20 Å².